The molecule has 2 rings (SSSR count). The Morgan fingerprint density at radius 1 is 1.20 bits per heavy atom. The Morgan fingerprint density at radius 3 is 2.64 bits per heavy atom. The normalized spacial score (nSPS) is 17.4. The molecule has 1 aromatic rings. The van der Waals surface area contributed by atoms with Crippen molar-refractivity contribution in [1.29, 1.82) is 0 Å². The van der Waals surface area contributed by atoms with Gasteiger partial charge in [-0.15, -0.1) is 0 Å². The summed E-state index contributed by atoms with van der Waals surface area (Å²) in [6, 6.07) is 0. The fourth-order valence-electron chi connectivity index (χ4n) is 2.98. The van der Waals surface area contributed by atoms with Crippen molar-refractivity contribution in [3.05, 3.63) is 11.7 Å². The van der Waals surface area contributed by atoms with Crippen LogP contribution in [0.3, 0.4) is 0 Å². The van der Waals surface area contributed by atoms with E-state index in [1.165, 1.54) is 0 Å². The molecule has 0 unspecified atom stereocenters. The first-order chi connectivity index (χ1) is 11.9. The number of nitrogens with one attached hydrogen (secondary N) is 1. The van der Waals surface area contributed by atoms with Crippen molar-refractivity contribution in [2.24, 2.45) is 0 Å². The van der Waals surface area contributed by atoms with Crippen LogP contribution in [0.5, 0.6) is 0 Å². The number of carbonyl (C=O) groups is 1. The first-order valence-electron chi connectivity index (χ1n) is 9.43. The van der Waals surface area contributed by atoms with E-state index in [2.05, 4.69) is 32.2 Å². The Kier molecular flexibility index (Phi) is 7.38. The third-order valence-electron chi connectivity index (χ3n) is 4.19. The molecule has 1 aliphatic heterocycles. The maximum atomic E-state index is 12.1. The fourth-order valence-corrected chi connectivity index (χ4v) is 2.98. The quantitative estimate of drug-likeness (QED) is 0.808. The molecule has 1 aliphatic rings. The lowest BCUT2D eigenvalue weighted by Crippen LogP contribution is -2.46. The van der Waals surface area contributed by atoms with Crippen molar-refractivity contribution < 1.29 is 9.32 Å². The van der Waals surface area contributed by atoms with Gasteiger partial charge in [-0.3, -0.25) is 14.6 Å². The molecule has 1 aromatic heterocycles. The van der Waals surface area contributed by atoms with Gasteiger partial charge in [0.05, 0.1) is 13.1 Å². The molecule has 2 heterocycles. The molecule has 1 fully saturated rings. The summed E-state index contributed by atoms with van der Waals surface area (Å²) in [5.74, 6) is 1.61. The second-order valence-corrected chi connectivity index (χ2v) is 7.91. The molecule has 0 bridgehead atoms. The van der Waals surface area contributed by atoms with Crippen molar-refractivity contribution in [2.75, 3.05) is 32.7 Å². The average Bonchev–Trinajstić information content (AvgIpc) is 2.84. The Morgan fingerprint density at radius 2 is 1.92 bits per heavy atom. The van der Waals surface area contributed by atoms with Crippen molar-refractivity contribution >= 4 is 5.91 Å². The molecular weight excluding hydrogens is 318 g/mol. The number of aromatic nitrogens is 2. The van der Waals surface area contributed by atoms with Crippen LogP contribution < -0.4 is 5.32 Å². The average molecular weight is 351 g/mol. The monoisotopic (exact) mass is 351 g/mol. The number of unbranched alkanes of at least 4 members (excludes halogenated alkanes) is 1. The SMILES string of the molecule is CCCCc1noc(CN2CCCN(CC(=O)NC(C)(C)C)CC2)n1. The molecular formula is C18H33N5O2. The van der Waals surface area contributed by atoms with E-state index in [-0.39, 0.29) is 11.4 Å². The molecule has 0 aliphatic carbocycles. The molecule has 0 radical (unpaired) electrons. The Labute approximate surface area is 151 Å². The molecule has 25 heavy (non-hydrogen) atoms. The summed E-state index contributed by atoms with van der Waals surface area (Å²) in [5, 5.41) is 7.08. The van der Waals surface area contributed by atoms with Gasteiger partial charge in [-0.1, -0.05) is 18.5 Å². The summed E-state index contributed by atoms with van der Waals surface area (Å²) in [5.41, 5.74) is -0.178. The molecule has 7 heteroatoms. The topological polar surface area (TPSA) is 74.5 Å². The van der Waals surface area contributed by atoms with E-state index in [1.807, 2.05) is 20.8 Å². The maximum Gasteiger partial charge on any atom is 0.240 e. The van der Waals surface area contributed by atoms with Crippen molar-refractivity contribution in [3.8, 4) is 0 Å². The minimum atomic E-state index is -0.178. The zero-order valence-corrected chi connectivity index (χ0v) is 16.2. The van der Waals surface area contributed by atoms with E-state index in [0.717, 1.165) is 57.7 Å². The van der Waals surface area contributed by atoms with Crippen LogP contribution in [0.25, 0.3) is 0 Å². The van der Waals surface area contributed by atoms with E-state index in [4.69, 9.17) is 4.52 Å². The Bertz CT molecular complexity index is 538. The summed E-state index contributed by atoms with van der Waals surface area (Å²) < 4.78 is 5.37. The van der Waals surface area contributed by atoms with Gasteiger partial charge < -0.3 is 9.84 Å². The van der Waals surface area contributed by atoms with Gasteiger partial charge in [0.25, 0.3) is 0 Å². The first kappa shape index (κ1) is 19.8. The predicted molar refractivity (Wildman–Crippen MR) is 97.1 cm³/mol. The summed E-state index contributed by atoms with van der Waals surface area (Å²) in [6.45, 7) is 13.1. The zero-order valence-electron chi connectivity index (χ0n) is 16.2. The molecule has 0 atom stereocenters. The van der Waals surface area contributed by atoms with Crippen LogP contribution in [0.1, 0.15) is 58.7 Å². The summed E-state index contributed by atoms with van der Waals surface area (Å²) in [6.07, 6.45) is 4.15. The number of carbonyl (C=O) groups excluding carboxylic acids is 1. The zero-order chi connectivity index (χ0) is 18.3. The van der Waals surface area contributed by atoms with E-state index in [1.54, 1.807) is 0 Å². The second kappa shape index (κ2) is 9.29. The van der Waals surface area contributed by atoms with Gasteiger partial charge in [0.2, 0.25) is 11.8 Å². The summed E-state index contributed by atoms with van der Waals surface area (Å²) in [7, 11) is 0. The van der Waals surface area contributed by atoms with Crippen molar-refractivity contribution in [3.63, 3.8) is 0 Å². The van der Waals surface area contributed by atoms with E-state index >= 15 is 0 Å². The molecule has 0 aromatic carbocycles. The first-order valence-corrected chi connectivity index (χ1v) is 9.43. The molecule has 1 saturated heterocycles. The molecule has 7 nitrogen and oxygen atoms in total. The number of amides is 1. The molecule has 142 valence electrons. The maximum absolute atomic E-state index is 12.1. The molecule has 0 saturated carbocycles. The minimum Gasteiger partial charge on any atom is -0.350 e. The standard InChI is InChI=1S/C18H33N5O2/c1-5-6-8-15-19-17(25-21-15)14-23-10-7-9-22(11-12-23)13-16(24)20-18(2,3)4/h5-14H2,1-4H3,(H,20,24). The van der Waals surface area contributed by atoms with E-state index in [0.29, 0.717) is 19.0 Å². The predicted octanol–water partition coefficient (Wildman–Crippen LogP) is 1.83. The second-order valence-electron chi connectivity index (χ2n) is 7.91. The highest BCUT2D eigenvalue weighted by Gasteiger charge is 2.20. The van der Waals surface area contributed by atoms with Crippen LogP contribution in [0, 0.1) is 0 Å². The highest BCUT2D eigenvalue weighted by Crippen LogP contribution is 2.09. The van der Waals surface area contributed by atoms with Crippen molar-refractivity contribution in [1.82, 2.24) is 25.3 Å². The largest absolute Gasteiger partial charge is 0.350 e. The Balaban J connectivity index is 1.77. The van der Waals surface area contributed by atoms with Crippen LogP contribution >= 0.6 is 0 Å². The lowest BCUT2D eigenvalue weighted by Gasteiger charge is -2.24. The highest BCUT2D eigenvalue weighted by atomic mass is 16.5. The Hall–Kier alpha value is -1.47. The van der Waals surface area contributed by atoms with Crippen LogP contribution in [0.4, 0.5) is 0 Å². The van der Waals surface area contributed by atoms with Crippen LogP contribution in [-0.4, -0.2) is 64.1 Å². The highest BCUT2D eigenvalue weighted by molar-refractivity contribution is 5.78. The van der Waals surface area contributed by atoms with Gasteiger partial charge in [0, 0.05) is 25.0 Å². The van der Waals surface area contributed by atoms with Gasteiger partial charge in [-0.25, -0.2) is 0 Å². The van der Waals surface area contributed by atoms with Gasteiger partial charge >= 0.3 is 0 Å². The molecule has 0 spiro atoms. The smallest absolute Gasteiger partial charge is 0.240 e. The number of nitrogens with zero attached hydrogens (tertiary/aromatic N) is 4. The van der Waals surface area contributed by atoms with Crippen LogP contribution in [0.2, 0.25) is 0 Å². The lowest BCUT2D eigenvalue weighted by molar-refractivity contribution is -0.123. The van der Waals surface area contributed by atoms with Gasteiger partial charge in [0.1, 0.15) is 0 Å². The van der Waals surface area contributed by atoms with Gasteiger partial charge in [0.15, 0.2) is 5.82 Å². The number of aryl methyl sites for hydroxylation is 1. The van der Waals surface area contributed by atoms with Crippen LogP contribution in [-0.2, 0) is 17.8 Å². The number of hydrogen-bond acceptors (Lipinski definition) is 6. The molecule has 1 N–H and O–H groups in total. The van der Waals surface area contributed by atoms with Crippen LogP contribution in [0.15, 0.2) is 4.52 Å². The van der Waals surface area contributed by atoms with E-state index < -0.39 is 0 Å². The third kappa shape index (κ3) is 7.52. The third-order valence-corrected chi connectivity index (χ3v) is 4.19. The molecule has 1 amide bonds. The van der Waals surface area contributed by atoms with Crippen molar-refractivity contribution in [2.45, 2.75) is 65.5 Å². The van der Waals surface area contributed by atoms with Gasteiger partial charge in [-0.05, 0) is 46.7 Å². The lowest BCUT2D eigenvalue weighted by atomic mass is 10.1. The van der Waals surface area contributed by atoms with Gasteiger partial charge in [-0.2, -0.15) is 4.98 Å². The summed E-state index contributed by atoms with van der Waals surface area (Å²) in [4.78, 5) is 21.1. The number of rotatable bonds is 7. The fraction of sp³-hybridized carbons (Fsp3) is 0.833. The number of hydrogen-bond donors (Lipinski definition) is 1. The summed E-state index contributed by atoms with van der Waals surface area (Å²) >= 11 is 0. The minimum absolute atomic E-state index is 0.0958. The van der Waals surface area contributed by atoms with E-state index in [9.17, 15) is 4.79 Å².